The number of carbonyl (C=O) groups is 1. The first-order chi connectivity index (χ1) is 10.2. The molecular formula is C17H24N2O2. The van der Waals surface area contributed by atoms with E-state index in [1.165, 1.54) is 0 Å². The summed E-state index contributed by atoms with van der Waals surface area (Å²) in [5, 5.41) is 6.70. The topological polar surface area (TPSA) is 50.4 Å². The van der Waals surface area contributed by atoms with Gasteiger partial charge in [-0.3, -0.25) is 4.79 Å². The molecule has 2 aliphatic heterocycles. The first-order valence-electron chi connectivity index (χ1n) is 8.03. The number of para-hydroxylation sites is 1. The zero-order valence-corrected chi connectivity index (χ0v) is 12.7. The Morgan fingerprint density at radius 2 is 2.33 bits per heavy atom. The number of hydrogen-bond acceptors (Lipinski definition) is 3. The van der Waals surface area contributed by atoms with Gasteiger partial charge in [0, 0.05) is 12.0 Å². The van der Waals surface area contributed by atoms with Gasteiger partial charge in [0.15, 0.2) is 0 Å². The van der Waals surface area contributed by atoms with Gasteiger partial charge in [-0.25, -0.2) is 0 Å². The van der Waals surface area contributed by atoms with Crippen molar-refractivity contribution in [1.82, 2.24) is 10.6 Å². The summed E-state index contributed by atoms with van der Waals surface area (Å²) < 4.78 is 5.67. The van der Waals surface area contributed by atoms with Gasteiger partial charge in [0.05, 0.1) is 18.2 Å². The van der Waals surface area contributed by atoms with Gasteiger partial charge < -0.3 is 15.4 Å². The first kappa shape index (κ1) is 14.4. The fourth-order valence-electron chi connectivity index (χ4n) is 3.54. The zero-order valence-electron chi connectivity index (χ0n) is 12.7. The summed E-state index contributed by atoms with van der Waals surface area (Å²) in [4.78, 5) is 12.8. The van der Waals surface area contributed by atoms with E-state index < -0.39 is 0 Å². The normalized spacial score (nSPS) is 27.8. The molecule has 3 rings (SSSR count). The number of amides is 1. The van der Waals surface area contributed by atoms with Gasteiger partial charge in [0.25, 0.3) is 0 Å². The third-order valence-corrected chi connectivity index (χ3v) is 4.62. The van der Waals surface area contributed by atoms with E-state index in [4.69, 9.17) is 4.74 Å². The molecule has 2 aliphatic rings. The Morgan fingerprint density at radius 3 is 3.10 bits per heavy atom. The molecule has 0 spiro atoms. The predicted octanol–water partition coefficient (Wildman–Crippen LogP) is 2.55. The molecule has 0 aliphatic carbocycles. The summed E-state index contributed by atoms with van der Waals surface area (Å²) in [5.74, 6) is 1.06. The molecule has 2 atom stereocenters. The van der Waals surface area contributed by atoms with E-state index >= 15 is 0 Å². The molecule has 0 bridgehead atoms. The minimum Gasteiger partial charge on any atom is -0.493 e. The van der Waals surface area contributed by atoms with Gasteiger partial charge in [-0.2, -0.15) is 0 Å². The molecule has 114 valence electrons. The van der Waals surface area contributed by atoms with Crippen LogP contribution in [0.4, 0.5) is 0 Å². The first-order valence-corrected chi connectivity index (χ1v) is 8.03. The van der Waals surface area contributed by atoms with E-state index in [0.29, 0.717) is 6.61 Å². The molecule has 2 heterocycles. The third-order valence-electron chi connectivity index (χ3n) is 4.62. The average molecular weight is 288 g/mol. The Hall–Kier alpha value is -1.55. The molecule has 2 unspecified atom stereocenters. The van der Waals surface area contributed by atoms with Crippen molar-refractivity contribution >= 4 is 5.91 Å². The summed E-state index contributed by atoms with van der Waals surface area (Å²) in [7, 11) is 0. The van der Waals surface area contributed by atoms with E-state index in [1.807, 2.05) is 24.3 Å². The van der Waals surface area contributed by atoms with Gasteiger partial charge in [-0.05, 0) is 31.9 Å². The van der Waals surface area contributed by atoms with Crippen LogP contribution in [0.3, 0.4) is 0 Å². The van der Waals surface area contributed by atoms with E-state index in [0.717, 1.165) is 50.0 Å². The number of hydrogen-bond donors (Lipinski definition) is 2. The third kappa shape index (κ3) is 2.77. The number of ether oxygens (including phenoxy) is 1. The van der Waals surface area contributed by atoms with Crippen LogP contribution in [0.5, 0.6) is 5.75 Å². The number of benzene rings is 1. The van der Waals surface area contributed by atoms with Crippen LogP contribution in [-0.2, 0) is 4.79 Å². The van der Waals surface area contributed by atoms with Crippen molar-refractivity contribution in [2.75, 3.05) is 13.2 Å². The fourth-order valence-corrected chi connectivity index (χ4v) is 3.54. The number of fused-ring (bicyclic) bond motifs is 1. The molecule has 1 saturated heterocycles. The minimum atomic E-state index is -0.359. The Bertz CT molecular complexity index is 509. The highest BCUT2D eigenvalue weighted by molar-refractivity contribution is 5.87. The lowest BCUT2D eigenvalue weighted by Crippen LogP contribution is -2.54. The van der Waals surface area contributed by atoms with Crippen molar-refractivity contribution in [1.29, 1.82) is 0 Å². The molecule has 0 saturated carbocycles. The quantitative estimate of drug-likeness (QED) is 0.895. The molecule has 1 fully saturated rings. The summed E-state index contributed by atoms with van der Waals surface area (Å²) in [5.41, 5.74) is 0.740. The molecular weight excluding hydrogens is 264 g/mol. The van der Waals surface area contributed by atoms with Crippen LogP contribution in [0, 0.1) is 0 Å². The average Bonchev–Trinajstić information content (AvgIpc) is 2.98. The van der Waals surface area contributed by atoms with E-state index in [-0.39, 0.29) is 17.5 Å². The highest BCUT2D eigenvalue weighted by atomic mass is 16.5. The van der Waals surface area contributed by atoms with Crippen molar-refractivity contribution < 1.29 is 9.53 Å². The minimum absolute atomic E-state index is 0.0681. The fraction of sp³-hybridized carbons (Fsp3) is 0.588. The van der Waals surface area contributed by atoms with Crippen LogP contribution in [0.2, 0.25) is 0 Å². The van der Waals surface area contributed by atoms with Gasteiger partial charge in [-0.15, -0.1) is 0 Å². The maximum atomic E-state index is 12.8. The highest BCUT2D eigenvalue weighted by Crippen LogP contribution is 2.33. The summed E-state index contributed by atoms with van der Waals surface area (Å²) in [6.45, 7) is 3.74. The standard InChI is InChI=1S/C17H24N2O2/c1-2-9-17(10-5-11-18-17)16(20)19-14-8-12-21-15-7-4-3-6-13(14)15/h3-4,6-7,14,18H,2,5,8-12H2,1H3,(H,19,20). The predicted molar refractivity (Wildman–Crippen MR) is 82.3 cm³/mol. The van der Waals surface area contributed by atoms with E-state index in [9.17, 15) is 4.79 Å². The van der Waals surface area contributed by atoms with Crippen molar-refractivity contribution in [3.8, 4) is 5.75 Å². The molecule has 21 heavy (non-hydrogen) atoms. The lowest BCUT2D eigenvalue weighted by atomic mass is 9.89. The van der Waals surface area contributed by atoms with Crippen LogP contribution in [0.15, 0.2) is 24.3 Å². The summed E-state index contributed by atoms with van der Waals surface area (Å²) in [6.07, 6.45) is 4.79. The molecule has 4 nitrogen and oxygen atoms in total. The maximum absolute atomic E-state index is 12.8. The Kier molecular flexibility index (Phi) is 4.15. The van der Waals surface area contributed by atoms with Crippen molar-refractivity contribution in [2.45, 2.75) is 50.6 Å². The van der Waals surface area contributed by atoms with Gasteiger partial charge in [-0.1, -0.05) is 31.5 Å². The van der Waals surface area contributed by atoms with Gasteiger partial charge in [0.2, 0.25) is 5.91 Å². The zero-order chi connectivity index (χ0) is 14.7. The van der Waals surface area contributed by atoms with Gasteiger partial charge in [0.1, 0.15) is 5.75 Å². The smallest absolute Gasteiger partial charge is 0.240 e. The number of rotatable bonds is 4. The summed E-state index contributed by atoms with van der Waals surface area (Å²) >= 11 is 0. The lowest BCUT2D eigenvalue weighted by Gasteiger charge is -2.33. The Balaban J connectivity index is 1.76. The largest absolute Gasteiger partial charge is 0.493 e. The lowest BCUT2D eigenvalue weighted by molar-refractivity contribution is -0.128. The molecule has 1 aromatic rings. The van der Waals surface area contributed by atoms with Crippen LogP contribution in [0.1, 0.15) is 50.6 Å². The number of carbonyl (C=O) groups excluding carboxylic acids is 1. The van der Waals surface area contributed by atoms with Crippen LogP contribution in [0.25, 0.3) is 0 Å². The Labute approximate surface area is 126 Å². The van der Waals surface area contributed by atoms with Crippen molar-refractivity contribution in [2.24, 2.45) is 0 Å². The summed E-state index contributed by atoms with van der Waals surface area (Å²) in [6, 6.07) is 8.07. The second-order valence-corrected chi connectivity index (χ2v) is 6.06. The molecule has 1 amide bonds. The van der Waals surface area contributed by atoms with E-state index in [1.54, 1.807) is 0 Å². The highest BCUT2D eigenvalue weighted by Gasteiger charge is 2.41. The number of nitrogens with one attached hydrogen (secondary N) is 2. The molecule has 0 aromatic heterocycles. The van der Waals surface area contributed by atoms with Crippen LogP contribution >= 0.6 is 0 Å². The SMILES string of the molecule is CCCC1(C(=O)NC2CCOc3ccccc32)CCCN1. The second-order valence-electron chi connectivity index (χ2n) is 6.06. The van der Waals surface area contributed by atoms with Crippen LogP contribution in [-0.4, -0.2) is 24.6 Å². The van der Waals surface area contributed by atoms with Gasteiger partial charge >= 0.3 is 0 Å². The van der Waals surface area contributed by atoms with Crippen molar-refractivity contribution in [3.63, 3.8) is 0 Å². The molecule has 1 aromatic carbocycles. The monoisotopic (exact) mass is 288 g/mol. The molecule has 0 radical (unpaired) electrons. The molecule has 2 N–H and O–H groups in total. The van der Waals surface area contributed by atoms with E-state index in [2.05, 4.69) is 17.6 Å². The molecule has 4 heteroatoms. The second kappa shape index (κ2) is 6.06. The maximum Gasteiger partial charge on any atom is 0.240 e. The van der Waals surface area contributed by atoms with Crippen LogP contribution < -0.4 is 15.4 Å². The van der Waals surface area contributed by atoms with Crippen molar-refractivity contribution in [3.05, 3.63) is 29.8 Å². The Morgan fingerprint density at radius 1 is 1.48 bits per heavy atom.